The van der Waals surface area contributed by atoms with Crippen LogP contribution in [0.2, 0.25) is 5.02 Å². The molecule has 5 aliphatic carbocycles. The van der Waals surface area contributed by atoms with Crippen molar-refractivity contribution in [3.05, 3.63) is 34.7 Å². The molecule has 8 rings (SSSR count). The third-order valence-corrected chi connectivity index (χ3v) is 9.91. The van der Waals surface area contributed by atoms with Crippen LogP contribution < -0.4 is 10.6 Å². The Balaban J connectivity index is 1.24. The number of anilines is 1. The monoisotopic (exact) mass is 505 g/mol. The SMILES string of the molecule is CNC(=O)[C@@H]1C[C@@H]2C3[C@H](C1)[C@H]2CC3(C)C(=O)Nc1cc(-c2cc(C#N)n3c2CC(C)(C)C3)c(Cl)cn1. The summed E-state index contributed by atoms with van der Waals surface area (Å²) in [6, 6.07) is 6.05. The van der Waals surface area contributed by atoms with E-state index in [1.807, 2.05) is 12.1 Å². The van der Waals surface area contributed by atoms with Gasteiger partial charge in [0, 0.05) is 42.5 Å². The van der Waals surface area contributed by atoms with Crippen LogP contribution in [-0.4, -0.2) is 28.4 Å². The number of amides is 2. The molecule has 188 valence electrons. The van der Waals surface area contributed by atoms with Gasteiger partial charge in [-0.05, 0) is 66.9 Å². The molecule has 0 spiro atoms. The Morgan fingerprint density at radius 3 is 2.56 bits per heavy atom. The number of carbonyl (C=O) groups is 2. The summed E-state index contributed by atoms with van der Waals surface area (Å²) in [5, 5.41) is 16.1. The van der Waals surface area contributed by atoms with E-state index in [1.165, 1.54) is 0 Å². The third kappa shape index (κ3) is 3.26. The second kappa shape index (κ2) is 7.82. The van der Waals surface area contributed by atoms with Gasteiger partial charge in [-0.25, -0.2) is 4.98 Å². The summed E-state index contributed by atoms with van der Waals surface area (Å²) in [6.07, 6.45) is 5.07. The zero-order chi connectivity index (χ0) is 25.6. The molecule has 3 heterocycles. The van der Waals surface area contributed by atoms with Gasteiger partial charge in [-0.1, -0.05) is 32.4 Å². The predicted octanol–water partition coefficient (Wildman–Crippen LogP) is 4.64. The van der Waals surface area contributed by atoms with Gasteiger partial charge >= 0.3 is 0 Å². The summed E-state index contributed by atoms with van der Waals surface area (Å²) in [7, 11) is 1.70. The maximum Gasteiger partial charge on any atom is 0.231 e. The summed E-state index contributed by atoms with van der Waals surface area (Å²) in [6.45, 7) is 7.27. The van der Waals surface area contributed by atoms with Gasteiger partial charge in [0.25, 0.3) is 0 Å². The summed E-state index contributed by atoms with van der Waals surface area (Å²) >= 11 is 6.59. The van der Waals surface area contributed by atoms with Crippen molar-refractivity contribution in [3.63, 3.8) is 0 Å². The second-order valence-corrected chi connectivity index (χ2v) is 12.8. The number of hydrogen-bond donors (Lipinski definition) is 2. The highest BCUT2D eigenvalue weighted by atomic mass is 35.5. The van der Waals surface area contributed by atoms with Crippen LogP contribution >= 0.6 is 11.6 Å². The molecule has 5 saturated carbocycles. The van der Waals surface area contributed by atoms with E-state index in [4.69, 9.17) is 11.6 Å². The summed E-state index contributed by atoms with van der Waals surface area (Å²) in [4.78, 5) is 30.2. The van der Waals surface area contributed by atoms with Gasteiger partial charge in [0.05, 0.1) is 10.4 Å². The minimum absolute atomic E-state index is 0.00243. The van der Waals surface area contributed by atoms with Crippen molar-refractivity contribution in [1.29, 1.82) is 5.26 Å². The fourth-order valence-corrected chi connectivity index (χ4v) is 8.35. The molecule has 2 amide bonds. The van der Waals surface area contributed by atoms with Crippen LogP contribution in [0.15, 0.2) is 18.3 Å². The average molecular weight is 506 g/mol. The summed E-state index contributed by atoms with van der Waals surface area (Å²) < 4.78 is 2.09. The zero-order valence-corrected chi connectivity index (χ0v) is 21.9. The van der Waals surface area contributed by atoms with Crippen LogP contribution in [0.5, 0.6) is 0 Å². The molecule has 5 fully saturated rings. The van der Waals surface area contributed by atoms with E-state index in [1.54, 1.807) is 13.2 Å². The average Bonchev–Trinajstić information content (AvgIpc) is 3.55. The molecule has 1 aliphatic heterocycles. The minimum atomic E-state index is -0.454. The fourth-order valence-electron chi connectivity index (χ4n) is 8.15. The van der Waals surface area contributed by atoms with Crippen LogP contribution in [0.25, 0.3) is 11.1 Å². The Labute approximate surface area is 216 Å². The van der Waals surface area contributed by atoms with Gasteiger partial charge in [0.15, 0.2) is 0 Å². The maximum atomic E-state index is 13.6. The first-order chi connectivity index (χ1) is 17.1. The van der Waals surface area contributed by atoms with Crippen LogP contribution in [0.3, 0.4) is 0 Å². The van der Waals surface area contributed by atoms with E-state index in [0.717, 1.165) is 49.0 Å². The lowest BCUT2D eigenvalue weighted by molar-refractivity contribution is -0.138. The maximum absolute atomic E-state index is 13.6. The number of nitrogens with one attached hydrogen (secondary N) is 2. The lowest BCUT2D eigenvalue weighted by atomic mass is 9.50. The van der Waals surface area contributed by atoms with Gasteiger partial charge in [-0.3, -0.25) is 9.59 Å². The Hall–Kier alpha value is -2.85. The molecule has 0 aromatic carbocycles. The Morgan fingerprint density at radius 1 is 1.17 bits per heavy atom. The topological polar surface area (TPSA) is 99.8 Å². The number of rotatable bonds is 4. The fraction of sp³-hybridized carbons (Fsp3) is 0.571. The van der Waals surface area contributed by atoms with E-state index < -0.39 is 5.41 Å². The van der Waals surface area contributed by atoms with Gasteiger partial charge in [-0.2, -0.15) is 5.26 Å². The molecule has 0 radical (unpaired) electrons. The smallest absolute Gasteiger partial charge is 0.231 e. The molecule has 6 atom stereocenters. The first-order valence-electron chi connectivity index (χ1n) is 12.9. The van der Waals surface area contributed by atoms with Crippen LogP contribution in [0, 0.1) is 51.8 Å². The summed E-state index contributed by atoms with van der Waals surface area (Å²) in [5.41, 5.74) is 3.07. The quantitative estimate of drug-likeness (QED) is 0.632. The van der Waals surface area contributed by atoms with Gasteiger partial charge in [-0.15, -0.1) is 0 Å². The lowest BCUT2D eigenvalue weighted by Crippen LogP contribution is -2.53. The van der Waals surface area contributed by atoms with Crippen molar-refractivity contribution < 1.29 is 9.59 Å². The van der Waals surface area contributed by atoms with E-state index in [0.29, 0.717) is 40.2 Å². The lowest BCUT2D eigenvalue weighted by Gasteiger charge is -2.54. The molecular formula is C28H32ClN5O2. The molecule has 6 aliphatic rings. The predicted molar refractivity (Wildman–Crippen MR) is 137 cm³/mol. The highest BCUT2D eigenvalue weighted by Gasteiger charge is 2.70. The van der Waals surface area contributed by atoms with Gasteiger partial charge in [0.2, 0.25) is 11.8 Å². The highest BCUT2D eigenvalue weighted by Crippen LogP contribution is 2.72. The van der Waals surface area contributed by atoms with Crippen molar-refractivity contribution in [2.24, 2.45) is 40.4 Å². The molecular weight excluding hydrogens is 474 g/mol. The zero-order valence-electron chi connectivity index (χ0n) is 21.2. The normalized spacial score (nSPS) is 32.8. The minimum Gasteiger partial charge on any atom is -0.359 e. The van der Waals surface area contributed by atoms with Crippen molar-refractivity contribution in [2.45, 2.75) is 53.0 Å². The van der Waals surface area contributed by atoms with E-state index >= 15 is 0 Å². The molecule has 0 saturated heterocycles. The van der Waals surface area contributed by atoms with Crippen molar-refractivity contribution >= 4 is 29.2 Å². The van der Waals surface area contributed by atoms with Crippen molar-refractivity contribution in [2.75, 3.05) is 12.4 Å². The molecule has 8 heteroatoms. The molecule has 2 aromatic rings. The number of carbonyl (C=O) groups excluding carboxylic acids is 2. The Bertz CT molecular complexity index is 1330. The third-order valence-electron chi connectivity index (χ3n) is 9.61. The number of fused-ring (bicyclic) bond motifs is 4. The number of aromatic nitrogens is 2. The van der Waals surface area contributed by atoms with Gasteiger partial charge < -0.3 is 15.2 Å². The number of nitriles is 1. The largest absolute Gasteiger partial charge is 0.359 e. The summed E-state index contributed by atoms with van der Waals surface area (Å²) in [5.74, 6) is 2.46. The highest BCUT2D eigenvalue weighted by molar-refractivity contribution is 6.33. The van der Waals surface area contributed by atoms with E-state index in [-0.39, 0.29) is 23.1 Å². The van der Waals surface area contributed by atoms with Gasteiger partial charge in [0.1, 0.15) is 17.6 Å². The first kappa shape index (κ1) is 23.5. The number of halogens is 1. The number of nitrogens with zero attached hydrogens (tertiary/aromatic N) is 3. The molecule has 2 N–H and O–H groups in total. The standard InChI is InChI=1S/C28H32ClN5O2/c1-27(2)10-22-17(7-15(11-30)34(22)13-27)16-8-23(32-12-21(16)29)33-26(36)28(3)9-20-18-5-14(25(35)31-4)6-19(20)24(18)28/h7-8,12,14,18-20,24H,5-6,9-10,13H2,1-4H3,(H,31,35)(H,32,33,36)/t14-,18+,19-,20+,24?,28?. The van der Waals surface area contributed by atoms with Crippen LogP contribution in [0.4, 0.5) is 5.82 Å². The second-order valence-electron chi connectivity index (χ2n) is 12.4. The Morgan fingerprint density at radius 2 is 1.89 bits per heavy atom. The van der Waals surface area contributed by atoms with Crippen molar-refractivity contribution in [3.8, 4) is 17.2 Å². The molecule has 36 heavy (non-hydrogen) atoms. The van der Waals surface area contributed by atoms with Crippen LogP contribution in [-0.2, 0) is 22.6 Å². The number of pyridine rings is 1. The number of hydrogen-bond acceptors (Lipinski definition) is 4. The van der Waals surface area contributed by atoms with E-state index in [2.05, 4.69) is 47.0 Å². The Kier molecular flexibility index (Phi) is 5.12. The van der Waals surface area contributed by atoms with Crippen molar-refractivity contribution in [1.82, 2.24) is 14.9 Å². The molecule has 4 bridgehead atoms. The molecule has 7 nitrogen and oxygen atoms in total. The molecule has 2 unspecified atom stereocenters. The van der Waals surface area contributed by atoms with Crippen LogP contribution in [0.1, 0.15) is 51.4 Å². The first-order valence-corrected chi connectivity index (χ1v) is 13.3. The van der Waals surface area contributed by atoms with E-state index in [9.17, 15) is 14.9 Å². The molecule has 2 aromatic heterocycles.